The van der Waals surface area contributed by atoms with Gasteiger partial charge in [0, 0.05) is 22.8 Å². The second-order valence-electron chi connectivity index (χ2n) is 10.6. The van der Waals surface area contributed by atoms with Crippen LogP contribution in [0.2, 0.25) is 0 Å². The minimum atomic E-state index is -0.854. The highest BCUT2D eigenvalue weighted by atomic mass is 16.4. The summed E-state index contributed by atoms with van der Waals surface area (Å²) in [5, 5.41) is 39.4. The van der Waals surface area contributed by atoms with Crippen LogP contribution in [0.4, 0.5) is 11.4 Å². The first-order chi connectivity index (χ1) is 20.6. The van der Waals surface area contributed by atoms with Crippen LogP contribution in [0, 0.1) is 0 Å². The van der Waals surface area contributed by atoms with E-state index in [9.17, 15) is 14.4 Å². The second kappa shape index (κ2) is 16.7. The van der Waals surface area contributed by atoms with Crippen LogP contribution in [0.3, 0.4) is 0 Å². The predicted octanol–water partition coefficient (Wildman–Crippen LogP) is 6.44. The lowest BCUT2D eigenvalue weighted by Crippen LogP contribution is -2.34. The van der Waals surface area contributed by atoms with Gasteiger partial charge in [-0.1, -0.05) is 86.0 Å². The number of rotatable bonds is 9. The number of benzene rings is 4. The Kier molecular flexibility index (Phi) is 12.8. The Bertz CT molecular complexity index is 1490. The van der Waals surface area contributed by atoms with Crippen molar-refractivity contribution < 1.29 is 29.7 Å². The normalized spacial score (nSPS) is 14.3. The third-order valence-electron chi connectivity index (χ3n) is 7.18. The zero-order valence-corrected chi connectivity index (χ0v) is 24.6. The number of carboxylic acid groups (broad SMARTS) is 3. The Morgan fingerprint density at radius 3 is 1.93 bits per heavy atom. The first-order valence-electron chi connectivity index (χ1n) is 14.5. The van der Waals surface area contributed by atoms with E-state index in [1.165, 1.54) is 19.3 Å². The topological polar surface area (TPSA) is 148 Å². The van der Waals surface area contributed by atoms with E-state index in [0.29, 0.717) is 6.04 Å². The lowest BCUT2D eigenvalue weighted by molar-refractivity contribution is -0.138. The van der Waals surface area contributed by atoms with Gasteiger partial charge in [-0.2, -0.15) is 0 Å². The molecule has 0 aliphatic heterocycles. The number of fused-ring (bicyclic) bond motifs is 2. The number of hydrogen-bond acceptors (Lipinski definition) is 6. The van der Waals surface area contributed by atoms with Gasteiger partial charge in [0.1, 0.15) is 12.1 Å². The van der Waals surface area contributed by atoms with E-state index in [0.717, 1.165) is 45.8 Å². The van der Waals surface area contributed by atoms with Crippen molar-refractivity contribution in [3.63, 3.8) is 0 Å². The summed E-state index contributed by atoms with van der Waals surface area (Å²) in [5.74, 6) is -2.46. The van der Waals surface area contributed by atoms with Crippen molar-refractivity contribution in [2.24, 2.45) is 0 Å². The maximum Gasteiger partial charge on any atom is 0.325 e. The lowest BCUT2D eigenvalue weighted by Gasteiger charge is -2.21. The summed E-state index contributed by atoms with van der Waals surface area (Å²) in [6.07, 6.45) is 6.10. The largest absolute Gasteiger partial charge is 0.480 e. The van der Waals surface area contributed by atoms with E-state index in [1.54, 1.807) is 13.8 Å². The maximum absolute atomic E-state index is 10.8. The Balaban J connectivity index is 0.000000180. The first-order valence-corrected chi connectivity index (χ1v) is 14.5. The zero-order chi connectivity index (χ0) is 31.2. The molecule has 0 aromatic heterocycles. The van der Waals surface area contributed by atoms with Crippen molar-refractivity contribution >= 4 is 50.8 Å². The maximum atomic E-state index is 10.8. The fourth-order valence-corrected chi connectivity index (χ4v) is 4.78. The molecule has 5 rings (SSSR count). The Labute approximate surface area is 251 Å². The molecule has 4 aromatic carbocycles. The molecule has 9 heteroatoms. The van der Waals surface area contributed by atoms with Gasteiger partial charge in [-0.3, -0.25) is 14.4 Å². The van der Waals surface area contributed by atoms with Crippen molar-refractivity contribution in [1.82, 2.24) is 5.32 Å². The Morgan fingerprint density at radius 1 is 0.698 bits per heavy atom. The van der Waals surface area contributed by atoms with E-state index in [-0.39, 0.29) is 6.54 Å². The third kappa shape index (κ3) is 10.9. The molecule has 4 aromatic rings. The summed E-state index contributed by atoms with van der Waals surface area (Å²) in [4.78, 5) is 31.7. The molecule has 6 N–H and O–H groups in total. The molecule has 0 heterocycles. The van der Waals surface area contributed by atoms with E-state index in [4.69, 9.17) is 15.3 Å². The predicted molar refractivity (Wildman–Crippen MR) is 172 cm³/mol. The molecule has 43 heavy (non-hydrogen) atoms. The molecule has 1 saturated carbocycles. The van der Waals surface area contributed by atoms with Crippen LogP contribution >= 0.6 is 0 Å². The number of carbonyl (C=O) groups is 3. The first kappa shape index (κ1) is 32.9. The van der Waals surface area contributed by atoms with E-state index < -0.39 is 30.0 Å². The van der Waals surface area contributed by atoms with Crippen molar-refractivity contribution in [3.05, 3.63) is 84.9 Å². The molecule has 228 valence electrons. The smallest absolute Gasteiger partial charge is 0.325 e. The quantitative estimate of drug-likeness (QED) is 0.130. The van der Waals surface area contributed by atoms with Crippen LogP contribution in [0.5, 0.6) is 0 Å². The molecule has 2 atom stereocenters. The molecule has 1 fully saturated rings. The van der Waals surface area contributed by atoms with E-state index in [2.05, 4.69) is 16.0 Å². The van der Waals surface area contributed by atoms with Crippen LogP contribution in [0.1, 0.15) is 46.0 Å². The molecule has 1 aliphatic rings. The SMILES string of the molecule is CC(Nc1ccc2ccccc2c1)C(=O)O.CC(Nc1cccc2ccccc12)C(=O)O.O=C(O)CNC1CCCCC1. The van der Waals surface area contributed by atoms with Crippen molar-refractivity contribution in [2.45, 2.75) is 64.1 Å². The van der Waals surface area contributed by atoms with Gasteiger partial charge in [0.25, 0.3) is 0 Å². The fraction of sp³-hybridized carbons (Fsp3) is 0.324. The van der Waals surface area contributed by atoms with Gasteiger partial charge in [-0.25, -0.2) is 0 Å². The number of nitrogens with one attached hydrogen (secondary N) is 3. The van der Waals surface area contributed by atoms with Gasteiger partial charge in [0.05, 0.1) is 6.54 Å². The van der Waals surface area contributed by atoms with Gasteiger partial charge >= 0.3 is 17.9 Å². The number of aliphatic carboxylic acids is 3. The summed E-state index contributed by atoms with van der Waals surface area (Å²) >= 11 is 0. The molecular weight excluding hydrogens is 546 g/mol. The summed E-state index contributed by atoms with van der Waals surface area (Å²) in [6.45, 7) is 3.37. The van der Waals surface area contributed by atoms with E-state index >= 15 is 0 Å². The molecule has 0 amide bonds. The third-order valence-corrected chi connectivity index (χ3v) is 7.18. The molecule has 1 aliphatic carbocycles. The van der Waals surface area contributed by atoms with Gasteiger partial charge in [0.15, 0.2) is 0 Å². The van der Waals surface area contributed by atoms with Crippen molar-refractivity contribution in [2.75, 3.05) is 17.2 Å². The average Bonchev–Trinajstić information content (AvgIpc) is 3.01. The second-order valence-corrected chi connectivity index (χ2v) is 10.6. The Hall–Kier alpha value is -4.63. The van der Waals surface area contributed by atoms with Crippen LogP contribution in [-0.4, -0.2) is 57.9 Å². The summed E-state index contributed by atoms with van der Waals surface area (Å²) in [6, 6.07) is 26.8. The van der Waals surface area contributed by atoms with Crippen LogP contribution in [0.15, 0.2) is 84.9 Å². The molecule has 0 bridgehead atoms. The zero-order valence-electron chi connectivity index (χ0n) is 24.6. The monoisotopic (exact) mass is 587 g/mol. The van der Waals surface area contributed by atoms with Crippen molar-refractivity contribution in [1.29, 1.82) is 0 Å². The highest BCUT2D eigenvalue weighted by Gasteiger charge is 2.13. The number of anilines is 2. The Morgan fingerprint density at radius 2 is 1.28 bits per heavy atom. The van der Waals surface area contributed by atoms with Crippen LogP contribution in [-0.2, 0) is 14.4 Å². The molecule has 0 saturated heterocycles. The highest BCUT2D eigenvalue weighted by molar-refractivity contribution is 5.95. The van der Waals surface area contributed by atoms with Crippen LogP contribution < -0.4 is 16.0 Å². The van der Waals surface area contributed by atoms with Gasteiger partial charge in [-0.05, 0) is 61.0 Å². The standard InChI is InChI=1S/2C13H13NO2.C8H15NO2/c1-9(13(15)16)14-12-8-4-6-10-5-2-3-7-11(10)12;1-9(13(15)16)14-12-7-6-10-4-2-3-5-11(10)8-12;10-8(11)6-9-7-4-2-1-3-5-7/h2*2-9,14H,1H3,(H,15,16);7,9H,1-6H2,(H,10,11). The highest BCUT2D eigenvalue weighted by Crippen LogP contribution is 2.23. The summed E-state index contributed by atoms with van der Waals surface area (Å²) in [5.41, 5.74) is 1.68. The lowest BCUT2D eigenvalue weighted by atomic mass is 9.96. The number of carboxylic acids is 3. The van der Waals surface area contributed by atoms with Gasteiger partial charge in [-0.15, -0.1) is 0 Å². The van der Waals surface area contributed by atoms with Crippen molar-refractivity contribution in [3.8, 4) is 0 Å². The fourth-order valence-electron chi connectivity index (χ4n) is 4.78. The minimum Gasteiger partial charge on any atom is -0.480 e. The van der Waals surface area contributed by atoms with Gasteiger partial charge in [0.2, 0.25) is 0 Å². The molecule has 2 unspecified atom stereocenters. The van der Waals surface area contributed by atoms with Gasteiger partial charge < -0.3 is 31.3 Å². The number of hydrogen-bond donors (Lipinski definition) is 6. The summed E-state index contributed by atoms with van der Waals surface area (Å²) < 4.78 is 0. The van der Waals surface area contributed by atoms with E-state index in [1.807, 2.05) is 84.9 Å². The van der Waals surface area contributed by atoms with Crippen LogP contribution in [0.25, 0.3) is 21.5 Å². The molecule has 0 spiro atoms. The molecular formula is C34H41N3O6. The average molecular weight is 588 g/mol. The molecule has 9 nitrogen and oxygen atoms in total. The molecule has 0 radical (unpaired) electrons. The summed E-state index contributed by atoms with van der Waals surface area (Å²) in [7, 11) is 0. The minimum absolute atomic E-state index is 0.116.